The maximum absolute atomic E-state index is 11.8. The van der Waals surface area contributed by atoms with Gasteiger partial charge in [-0.3, -0.25) is 9.59 Å². The highest BCUT2D eigenvalue weighted by Gasteiger charge is 2.08. The fraction of sp³-hybridized carbons (Fsp3) is 0.176. The lowest BCUT2D eigenvalue weighted by atomic mass is 10.1. The van der Waals surface area contributed by atoms with E-state index in [2.05, 4.69) is 0 Å². The Hall–Kier alpha value is -2.42. The first-order valence-corrected chi connectivity index (χ1v) is 6.49. The second-order valence-corrected chi connectivity index (χ2v) is 4.62. The van der Waals surface area contributed by atoms with Crippen LogP contribution >= 0.6 is 0 Å². The predicted octanol–water partition coefficient (Wildman–Crippen LogP) is 3.35. The molecule has 0 radical (unpaired) electrons. The van der Waals surface area contributed by atoms with Crippen LogP contribution < -0.4 is 4.74 Å². The molecule has 0 atom stereocenters. The van der Waals surface area contributed by atoms with Crippen LogP contribution in [0.2, 0.25) is 0 Å². The first-order valence-electron chi connectivity index (χ1n) is 6.49. The number of aryl methyl sites for hydroxylation is 2. The fourth-order valence-corrected chi connectivity index (χ4v) is 1.85. The molecule has 3 heteroatoms. The molecule has 0 fully saturated rings. The van der Waals surface area contributed by atoms with Gasteiger partial charge in [0.2, 0.25) is 0 Å². The highest BCUT2D eigenvalue weighted by molar-refractivity contribution is 5.82. The number of carbonyl (C=O) groups is 2. The number of benzene rings is 2. The Kier molecular flexibility index (Phi) is 4.66. The minimum Gasteiger partial charge on any atom is -0.426 e. The van der Waals surface area contributed by atoms with Gasteiger partial charge in [0.15, 0.2) is 6.29 Å². The smallest absolute Gasteiger partial charge is 0.311 e. The van der Waals surface area contributed by atoms with Gasteiger partial charge in [0.05, 0.1) is 5.56 Å². The zero-order valence-electron chi connectivity index (χ0n) is 11.3. The topological polar surface area (TPSA) is 43.4 Å². The molecule has 0 saturated carbocycles. The van der Waals surface area contributed by atoms with Gasteiger partial charge in [0.25, 0.3) is 0 Å². The quantitative estimate of drug-likeness (QED) is 0.474. The Bertz CT molecular complexity index is 600. The molecule has 0 bridgehead atoms. The first-order chi connectivity index (χ1) is 9.69. The van der Waals surface area contributed by atoms with Crippen molar-refractivity contribution < 1.29 is 14.3 Å². The van der Waals surface area contributed by atoms with E-state index in [0.717, 1.165) is 5.56 Å². The van der Waals surface area contributed by atoms with Crippen LogP contribution in [0.1, 0.15) is 27.9 Å². The van der Waals surface area contributed by atoms with Gasteiger partial charge in [0, 0.05) is 6.42 Å². The predicted molar refractivity (Wildman–Crippen MR) is 77.0 cm³/mol. The number of aldehydes is 1. The van der Waals surface area contributed by atoms with Gasteiger partial charge in [-0.05, 0) is 31.0 Å². The zero-order chi connectivity index (χ0) is 14.4. The van der Waals surface area contributed by atoms with Crippen molar-refractivity contribution in [1.82, 2.24) is 0 Å². The Morgan fingerprint density at radius 2 is 1.80 bits per heavy atom. The van der Waals surface area contributed by atoms with Crippen molar-refractivity contribution in [3.63, 3.8) is 0 Å². The van der Waals surface area contributed by atoms with Crippen molar-refractivity contribution in [2.24, 2.45) is 0 Å². The van der Waals surface area contributed by atoms with E-state index in [0.29, 0.717) is 24.0 Å². The van der Waals surface area contributed by atoms with Gasteiger partial charge in [-0.15, -0.1) is 0 Å². The van der Waals surface area contributed by atoms with Gasteiger partial charge < -0.3 is 4.74 Å². The second kappa shape index (κ2) is 6.66. The molecule has 2 aromatic carbocycles. The van der Waals surface area contributed by atoms with Crippen LogP contribution in [0, 0.1) is 6.92 Å². The van der Waals surface area contributed by atoms with Crippen LogP contribution in [0.5, 0.6) is 5.75 Å². The van der Waals surface area contributed by atoms with E-state index in [4.69, 9.17) is 4.74 Å². The van der Waals surface area contributed by atoms with Crippen LogP contribution in [0.3, 0.4) is 0 Å². The van der Waals surface area contributed by atoms with E-state index in [1.54, 1.807) is 24.3 Å². The summed E-state index contributed by atoms with van der Waals surface area (Å²) in [5.74, 6) is -0.0173. The normalized spacial score (nSPS) is 10.1. The van der Waals surface area contributed by atoms with E-state index in [-0.39, 0.29) is 12.4 Å². The van der Waals surface area contributed by atoms with Gasteiger partial charge in [-0.2, -0.15) is 0 Å². The summed E-state index contributed by atoms with van der Waals surface area (Å²) >= 11 is 0. The molecule has 0 saturated heterocycles. The van der Waals surface area contributed by atoms with Crippen molar-refractivity contribution >= 4 is 12.3 Å². The van der Waals surface area contributed by atoms with Crippen LogP contribution in [0.4, 0.5) is 0 Å². The van der Waals surface area contributed by atoms with Crippen LogP contribution in [0.25, 0.3) is 0 Å². The molecule has 0 aliphatic carbocycles. The molecule has 2 aromatic rings. The largest absolute Gasteiger partial charge is 0.426 e. The summed E-state index contributed by atoms with van der Waals surface area (Å²) in [5.41, 5.74) is 2.67. The van der Waals surface area contributed by atoms with Crippen LogP contribution in [-0.4, -0.2) is 12.3 Å². The SMILES string of the molecule is Cc1ccc(CCC(=O)Oc2ccccc2C=O)cc1. The minimum absolute atomic E-state index is 0.288. The molecule has 0 amide bonds. The minimum atomic E-state index is -0.333. The third kappa shape index (κ3) is 3.79. The van der Waals surface area contributed by atoms with Gasteiger partial charge in [-0.25, -0.2) is 0 Å². The molecule has 0 spiro atoms. The highest BCUT2D eigenvalue weighted by Crippen LogP contribution is 2.16. The zero-order valence-corrected chi connectivity index (χ0v) is 11.3. The van der Waals surface area contributed by atoms with Gasteiger partial charge in [-0.1, -0.05) is 42.0 Å². The van der Waals surface area contributed by atoms with E-state index in [1.807, 2.05) is 31.2 Å². The molecule has 0 aromatic heterocycles. The molecule has 20 heavy (non-hydrogen) atoms. The second-order valence-electron chi connectivity index (χ2n) is 4.62. The molecule has 0 unspecified atom stereocenters. The molecule has 3 nitrogen and oxygen atoms in total. The van der Waals surface area contributed by atoms with Gasteiger partial charge in [0.1, 0.15) is 5.75 Å². The van der Waals surface area contributed by atoms with Crippen molar-refractivity contribution in [2.45, 2.75) is 19.8 Å². The van der Waals surface area contributed by atoms with Crippen LogP contribution in [0.15, 0.2) is 48.5 Å². The van der Waals surface area contributed by atoms with Crippen molar-refractivity contribution in [2.75, 3.05) is 0 Å². The summed E-state index contributed by atoms with van der Waals surface area (Å²) < 4.78 is 5.21. The summed E-state index contributed by atoms with van der Waals surface area (Å²) in [5, 5.41) is 0. The van der Waals surface area contributed by atoms with E-state index < -0.39 is 0 Å². The molecule has 0 aliphatic rings. The molecule has 0 N–H and O–H groups in total. The summed E-state index contributed by atoms with van der Waals surface area (Å²) in [4.78, 5) is 22.6. The maximum atomic E-state index is 11.8. The Morgan fingerprint density at radius 3 is 2.50 bits per heavy atom. The standard InChI is InChI=1S/C17H16O3/c1-13-6-8-14(9-7-13)10-11-17(19)20-16-5-3-2-4-15(16)12-18/h2-9,12H,10-11H2,1H3. The number of hydrogen-bond acceptors (Lipinski definition) is 3. The lowest BCUT2D eigenvalue weighted by Gasteiger charge is -2.06. The lowest BCUT2D eigenvalue weighted by Crippen LogP contribution is -2.10. The summed E-state index contributed by atoms with van der Waals surface area (Å²) in [6.45, 7) is 2.02. The molecule has 0 aliphatic heterocycles. The van der Waals surface area contributed by atoms with Gasteiger partial charge >= 0.3 is 5.97 Å². The average Bonchev–Trinajstić information content (AvgIpc) is 2.47. The molecule has 102 valence electrons. The average molecular weight is 268 g/mol. The van der Waals surface area contributed by atoms with Crippen molar-refractivity contribution in [3.05, 3.63) is 65.2 Å². The number of para-hydroxylation sites is 1. The molecule has 0 heterocycles. The molecular weight excluding hydrogens is 252 g/mol. The molecular formula is C17H16O3. The Morgan fingerprint density at radius 1 is 1.10 bits per heavy atom. The summed E-state index contributed by atoms with van der Waals surface area (Å²) in [6.07, 6.45) is 1.60. The monoisotopic (exact) mass is 268 g/mol. The number of rotatable bonds is 5. The van der Waals surface area contributed by atoms with E-state index in [1.165, 1.54) is 5.56 Å². The number of hydrogen-bond donors (Lipinski definition) is 0. The van der Waals surface area contributed by atoms with Crippen LogP contribution in [-0.2, 0) is 11.2 Å². The number of ether oxygens (including phenoxy) is 1. The Labute approximate surface area is 118 Å². The van der Waals surface area contributed by atoms with E-state index in [9.17, 15) is 9.59 Å². The van der Waals surface area contributed by atoms with Crippen molar-refractivity contribution in [3.8, 4) is 5.75 Å². The summed E-state index contributed by atoms with van der Waals surface area (Å²) in [7, 11) is 0. The third-order valence-electron chi connectivity index (χ3n) is 3.01. The highest BCUT2D eigenvalue weighted by atomic mass is 16.5. The van der Waals surface area contributed by atoms with E-state index >= 15 is 0 Å². The fourth-order valence-electron chi connectivity index (χ4n) is 1.85. The van der Waals surface area contributed by atoms with Crippen molar-refractivity contribution in [1.29, 1.82) is 0 Å². The number of carbonyl (C=O) groups excluding carboxylic acids is 2. The third-order valence-corrected chi connectivity index (χ3v) is 3.01. The maximum Gasteiger partial charge on any atom is 0.311 e. The molecule has 2 rings (SSSR count). The lowest BCUT2D eigenvalue weighted by molar-refractivity contribution is -0.134. The number of esters is 1. The Balaban J connectivity index is 1.92. The first kappa shape index (κ1) is 14.0. The summed E-state index contributed by atoms with van der Waals surface area (Å²) in [6, 6.07) is 14.7.